The van der Waals surface area contributed by atoms with Gasteiger partial charge in [-0.05, 0) is 37.7 Å². The Morgan fingerprint density at radius 3 is 1.19 bits per heavy atom. The van der Waals surface area contributed by atoms with Crippen molar-refractivity contribution in [2.45, 2.75) is 201 Å². The molecular formula is C36H68N+. The van der Waals surface area contributed by atoms with Crippen molar-refractivity contribution in [3.8, 4) is 0 Å². The molecule has 37 heavy (non-hydrogen) atoms. The first-order valence-electron chi connectivity index (χ1n) is 17.3. The molecule has 1 aromatic rings. The fourth-order valence-electron chi connectivity index (χ4n) is 5.73. The molecule has 0 radical (unpaired) electrons. The summed E-state index contributed by atoms with van der Waals surface area (Å²) < 4.78 is 2.50. The number of pyridine rings is 1. The van der Waals surface area contributed by atoms with Gasteiger partial charge in [-0.1, -0.05) is 156 Å². The van der Waals surface area contributed by atoms with Crippen LogP contribution in [0.2, 0.25) is 0 Å². The van der Waals surface area contributed by atoms with Crippen LogP contribution in [0.15, 0.2) is 18.5 Å². The molecule has 0 aliphatic carbocycles. The highest BCUT2D eigenvalue weighted by molar-refractivity contribution is 5.21. The Morgan fingerprint density at radius 2 is 0.757 bits per heavy atom. The molecule has 216 valence electrons. The van der Waals surface area contributed by atoms with Gasteiger partial charge in [-0.25, -0.2) is 4.57 Å². The van der Waals surface area contributed by atoms with Crippen molar-refractivity contribution in [1.29, 1.82) is 0 Å². The van der Waals surface area contributed by atoms with Crippen molar-refractivity contribution < 1.29 is 4.57 Å². The maximum Gasteiger partial charge on any atom is 0.172 e. The van der Waals surface area contributed by atoms with Crippen LogP contribution in [0, 0.1) is 0 Å². The van der Waals surface area contributed by atoms with E-state index in [0.717, 1.165) is 0 Å². The zero-order valence-electron chi connectivity index (χ0n) is 26.0. The maximum absolute atomic E-state index is 2.52. The molecule has 0 bridgehead atoms. The maximum atomic E-state index is 2.52. The number of unbranched alkanes of at least 4 members (excludes halogenated alkanes) is 22. The van der Waals surface area contributed by atoms with Crippen molar-refractivity contribution in [3.05, 3.63) is 29.6 Å². The van der Waals surface area contributed by atoms with Crippen molar-refractivity contribution >= 4 is 0 Å². The summed E-state index contributed by atoms with van der Waals surface area (Å²) in [5.74, 6) is 0. The summed E-state index contributed by atoms with van der Waals surface area (Å²) in [6.07, 6.45) is 42.9. The molecule has 1 rings (SSSR count). The van der Waals surface area contributed by atoms with Gasteiger partial charge in [-0.3, -0.25) is 0 Å². The Hall–Kier alpha value is -0.850. The first kappa shape index (κ1) is 34.2. The van der Waals surface area contributed by atoms with E-state index in [-0.39, 0.29) is 0 Å². The standard InChI is InChI=1S/C36H68N/c1-4-7-10-13-14-15-16-17-18-19-20-21-22-25-28-32-37-33-31-35(29-26-23-11-8-5-2)36(34-37)30-27-24-12-9-6-3/h31,33-34H,4-30,32H2,1-3H3/q+1. The topological polar surface area (TPSA) is 3.88 Å². The lowest BCUT2D eigenvalue weighted by Gasteiger charge is -2.09. The highest BCUT2D eigenvalue weighted by atomic mass is 14.9. The Bertz CT molecular complexity index is 592. The molecule has 0 spiro atoms. The number of aromatic nitrogens is 1. The summed E-state index contributed by atoms with van der Waals surface area (Å²) in [4.78, 5) is 0. The van der Waals surface area contributed by atoms with Crippen molar-refractivity contribution in [3.63, 3.8) is 0 Å². The largest absolute Gasteiger partial charge is 0.205 e. The van der Waals surface area contributed by atoms with Gasteiger partial charge in [0.2, 0.25) is 0 Å². The molecule has 0 atom stereocenters. The first-order chi connectivity index (χ1) is 18.3. The van der Waals surface area contributed by atoms with Crippen LogP contribution in [0.25, 0.3) is 0 Å². The van der Waals surface area contributed by atoms with Crippen LogP contribution in [0.1, 0.15) is 192 Å². The van der Waals surface area contributed by atoms with E-state index in [1.807, 2.05) is 0 Å². The second-order valence-corrected chi connectivity index (χ2v) is 12.0. The van der Waals surface area contributed by atoms with Crippen LogP contribution in [0.3, 0.4) is 0 Å². The number of hydrogen-bond donors (Lipinski definition) is 0. The fraction of sp³-hybridized carbons (Fsp3) is 0.861. The first-order valence-corrected chi connectivity index (χ1v) is 17.3. The third-order valence-electron chi connectivity index (χ3n) is 8.32. The molecule has 1 aromatic heterocycles. The SMILES string of the molecule is CCCCCCCCCCCCCCCCC[n+]1ccc(CCCCCCC)c(CCCCCCC)c1. The van der Waals surface area contributed by atoms with Gasteiger partial charge in [-0.2, -0.15) is 0 Å². The van der Waals surface area contributed by atoms with Crippen molar-refractivity contribution in [1.82, 2.24) is 0 Å². The van der Waals surface area contributed by atoms with Crippen LogP contribution in [-0.4, -0.2) is 0 Å². The van der Waals surface area contributed by atoms with Gasteiger partial charge >= 0.3 is 0 Å². The molecule has 1 heterocycles. The summed E-state index contributed by atoms with van der Waals surface area (Å²) in [5.41, 5.74) is 3.29. The van der Waals surface area contributed by atoms with E-state index in [4.69, 9.17) is 0 Å². The quantitative estimate of drug-likeness (QED) is 0.0773. The summed E-state index contributed by atoms with van der Waals surface area (Å²) >= 11 is 0. The fourth-order valence-corrected chi connectivity index (χ4v) is 5.73. The average molecular weight is 515 g/mol. The molecule has 1 nitrogen and oxygen atoms in total. The summed E-state index contributed by atoms with van der Waals surface area (Å²) in [7, 11) is 0. The second-order valence-electron chi connectivity index (χ2n) is 12.0. The van der Waals surface area contributed by atoms with Gasteiger partial charge in [0.05, 0.1) is 0 Å². The van der Waals surface area contributed by atoms with Crippen LogP contribution in [0.5, 0.6) is 0 Å². The summed E-state index contributed by atoms with van der Waals surface area (Å²) in [5, 5.41) is 0. The minimum Gasteiger partial charge on any atom is -0.205 e. The minimum atomic E-state index is 1.21. The van der Waals surface area contributed by atoms with Gasteiger partial charge in [0, 0.05) is 18.1 Å². The Labute approximate surface area is 234 Å². The van der Waals surface area contributed by atoms with E-state index in [1.54, 1.807) is 11.1 Å². The number of rotatable bonds is 28. The second kappa shape index (κ2) is 26.7. The molecule has 0 aliphatic rings. The van der Waals surface area contributed by atoms with Crippen LogP contribution < -0.4 is 4.57 Å². The Morgan fingerprint density at radius 1 is 0.405 bits per heavy atom. The number of hydrogen-bond acceptors (Lipinski definition) is 0. The van der Waals surface area contributed by atoms with Gasteiger partial charge < -0.3 is 0 Å². The molecule has 0 fully saturated rings. The van der Waals surface area contributed by atoms with E-state index in [2.05, 4.69) is 43.8 Å². The van der Waals surface area contributed by atoms with E-state index in [0.29, 0.717) is 0 Å². The summed E-state index contributed by atoms with van der Waals surface area (Å²) in [6.45, 7) is 8.14. The summed E-state index contributed by atoms with van der Waals surface area (Å²) in [6, 6.07) is 2.46. The van der Waals surface area contributed by atoms with Gasteiger partial charge in [-0.15, -0.1) is 0 Å². The predicted octanol–water partition coefficient (Wildman–Crippen LogP) is 11.9. The monoisotopic (exact) mass is 515 g/mol. The Balaban J connectivity index is 2.19. The van der Waals surface area contributed by atoms with Crippen LogP contribution >= 0.6 is 0 Å². The molecule has 1 heteroatoms. The zero-order chi connectivity index (χ0) is 26.7. The van der Waals surface area contributed by atoms with Crippen molar-refractivity contribution in [2.24, 2.45) is 0 Å². The van der Waals surface area contributed by atoms with Gasteiger partial charge in [0.15, 0.2) is 12.4 Å². The number of aryl methyl sites for hydroxylation is 3. The molecule has 0 aromatic carbocycles. The average Bonchev–Trinajstić information content (AvgIpc) is 2.91. The third-order valence-corrected chi connectivity index (χ3v) is 8.32. The zero-order valence-corrected chi connectivity index (χ0v) is 26.0. The highest BCUT2D eigenvalue weighted by Gasteiger charge is 2.10. The van der Waals surface area contributed by atoms with Crippen LogP contribution in [0.4, 0.5) is 0 Å². The number of nitrogens with zero attached hydrogens (tertiary/aromatic N) is 1. The molecule has 0 aliphatic heterocycles. The molecule has 0 saturated heterocycles. The lowest BCUT2D eigenvalue weighted by Crippen LogP contribution is -2.34. The Kier molecular flexibility index (Phi) is 24.7. The smallest absolute Gasteiger partial charge is 0.172 e. The third kappa shape index (κ3) is 20.7. The van der Waals surface area contributed by atoms with E-state index in [1.165, 1.54) is 180 Å². The lowest BCUT2D eigenvalue weighted by molar-refractivity contribution is -0.697. The predicted molar refractivity (Wildman–Crippen MR) is 166 cm³/mol. The van der Waals surface area contributed by atoms with Gasteiger partial charge in [0.1, 0.15) is 6.54 Å². The van der Waals surface area contributed by atoms with Crippen molar-refractivity contribution in [2.75, 3.05) is 0 Å². The van der Waals surface area contributed by atoms with E-state index in [9.17, 15) is 0 Å². The molecule has 0 saturated carbocycles. The van der Waals surface area contributed by atoms with Gasteiger partial charge in [0.25, 0.3) is 0 Å². The molecule has 0 unspecified atom stereocenters. The minimum absolute atomic E-state index is 1.21. The molecule has 0 N–H and O–H groups in total. The lowest BCUT2D eigenvalue weighted by atomic mass is 9.98. The highest BCUT2D eigenvalue weighted by Crippen LogP contribution is 2.17. The molecule has 0 amide bonds. The molecular weight excluding hydrogens is 446 g/mol. The van der Waals surface area contributed by atoms with Crippen LogP contribution in [-0.2, 0) is 19.4 Å². The van der Waals surface area contributed by atoms with E-state index >= 15 is 0 Å². The normalized spacial score (nSPS) is 11.4. The van der Waals surface area contributed by atoms with E-state index < -0.39 is 0 Å².